The van der Waals surface area contributed by atoms with Crippen molar-refractivity contribution < 1.29 is 19.1 Å². The second-order valence-corrected chi connectivity index (χ2v) is 4.56. The monoisotopic (exact) mass is 307 g/mol. The van der Waals surface area contributed by atoms with Gasteiger partial charge in [0.25, 0.3) is 5.91 Å². The van der Waals surface area contributed by atoms with E-state index in [1.54, 1.807) is 24.3 Å². The van der Waals surface area contributed by atoms with Gasteiger partial charge in [0.05, 0.1) is 5.56 Å². The van der Waals surface area contributed by atoms with Crippen LogP contribution < -0.4 is 5.32 Å². The second kappa shape index (κ2) is 6.37. The van der Waals surface area contributed by atoms with Gasteiger partial charge in [-0.25, -0.2) is 9.18 Å². The molecule has 21 heavy (non-hydrogen) atoms. The zero-order chi connectivity index (χ0) is 15.4. The second-order valence-electron chi connectivity index (χ2n) is 4.29. The van der Waals surface area contributed by atoms with Crippen LogP contribution in [0, 0.1) is 5.82 Å². The number of halogens is 2. The Morgan fingerprint density at radius 3 is 2.62 bits per heavy atom. The van der Waals surface area contributed by atoms with Crippen LogP contribution in [0.2, 0.25) is 0 Å². The average Bonchev–Trinajstić information content (AvgIpc) is 2.49. The lowest BCUT2D eigenvalue weighted by atomic mass is 10.1. The van der Waals surface area contributed by atoms with Gasteiger partial charge in [0, 0.05) is 17.1 Å². The number of hydrogen-bond acceptors (Lipinski definition) is 2. The molecular weight excluding hydrogens is 297 g/mol. The van der Waals surface area contributed by atoms with Crippen LogP contribution in [0.25, 0.3) is 0 Å². The van der Waals surface area contributed by atoms with Gasteiger partial charge >= 0.3 is 5.97 Å². The van der Waals surface area contributed by atoms with Crippen molar-refractivity contribution in [1.82, 2.24) is 0 Å². The number of rotatable bonds is 4. The average molecular weight is 308 g/mol. The highest BCUT2D eigenvalue weighted by molar-refractivity contribution is 6.17. The normalized spacial score (nSPS) is 10.2. The van der Waals surface area contributed by atoms with Crippen LogP contribution in [0.3, 0.4) is 0 Å². The molecule has 0 aromatic heterocycles. The van der Waals surface area contributed by atoms with Crippen LogP contribution in [0.1, 0.15) is 26.3 Å². The van der Waals surface area contributed by atoms with E-state index in [-0.39, 0.29) is 11.6 Å². The summed E-state index contributed by atoms with van der Waals surface area (Å²) < 4.78 is 13.3. The van der Waals surface area contributed by atoms with Gasteiger partial charge in [-0.3, -0.25) is 4.79 Å². The minimum Gasteiger partial charge on any atom is -0.478 e. The summed E-state index contributed by atoms with van der Waals surface area (Å²) in [7, 11) is 0. The van der Waals surface area contributed by atoms with Gasteiger partial charge in [-0.2, -0.15) is 0 Å². The van der Waals surface area contributed by atoms with Gasteiger partial charge in [-0.05, 0) is 35.9 Å². The number of alkyl halides is 1. The number of hydrogen-bond donors (Lipinski definition) is 2. The quantitative estimate of drug-likeness (QED) is 0.849. The van der Waals surface area contributed by atoms with Gasteiger partial charge in [0.2, 0.25) is 0 Å². The van der Waals surface area contributed by atoms with E-state index in [4.69, 9.17) is 16.7 Å². The maximum absolute atomic E-state index is 13.3. The molecule has 0 unspecified atom stereocenters. The van der Waals surface area contributed by atoms with Crippen molar-refractivity contribution >= 4 is 29.2 Å². The van der Waals surface area contributed by atoms with E-state index in [1.807, 2.05) is 0 Å². The Labute approximate surface area is 125 Å². The Morgan fingerprint density at radius 1 is 1.19 bits per heavy atom. The molecule has 4 nitrogen and oxygen atoms in total. The summed E-state index contributed by atoms with van der Waals surface area (Å²) >= 11 is 5.70. The molecule has 2 N–H and O–H groups in total. The largest absolute Gasteiger partial charge is 0.478 e. The standard InChI is InChI=1S/C15H11ClFNO3/c16-8-9-2-1-3-10(6-9)14(19)18-11-4-5-13(17)12(7-11)15(20)21/h1-7H,8H2,(H,18,19)(H,20,21). The Bertz CT molecular complexity index is 703. The molecular formula is C15H11ClFNO3. The van der Waals surface area contributed by atoms with Crippen LogP contribution in [-0.2, 0) is 5.88 Å². The van der Waals surface area contributed by atoms with E-state index in [0.717, 1.165) is 17.7 Å². The molecule has 1 amide bonds. The highest BCUT2D eigenvalue weighted by Crippen LogP contribution is 2.16. The third kappa shape index (κ3) is 3.58. The number of anilines is 1. The zero-order valence-corrected chi connectivity index (χ0v) is 11.5. The van der Waals surface area contributed by atoms with E-state index >= 15 is 0 Å². The minimum absolute atomic E-state index is 0.204. The summed E-state index contributed by atoms with van der Waals surface area (Å²) in [5.74, 6) is -2.40. The van der Waals surface area contributed by atoms with Crippen molar-refractivity contribution in [3.05, 3.63) is 65.0 Å². The Balaban J connectivity index is 2.23. The fraction of sp³-hybridized carbons (Fsp3) is 0.0667. The maximum atomic E-state index is 13.3. The van der Waals surface area contributed by atoms with Crippen LogP contribution in [0.5, 0.6) is 0 Å². The molecule has 0 bridgehead atoms. The van der Waals surface area contributed by atoms with Crippen molar-refractivity contribution in [2.75, 3.05) is 5.32 Å². The molecule has 2 rings (SSSR count). The van der Waals surface area contributed by atoms with E-state index in [2.05, 4.69) is 5.32 Å². The maximum Gasteiger partial charge on any atom is 0.338 e. The SMILES string of the molecule is O=C(Nc1ccc(F)c(C(=O)O)c1)c1cccc(CCl)c1. The van der Waals surface area contributed by atoms with E-state index in [0.29, 0.717) is 5.56 Å². The van der Waals surface area contributed by atoms with Gasteiger partial charge in [0.15, 0.2) is 0 Å². The summed E-state index contributed by atoms with van der Waals surface area (Å²) in [6.07, 6.45) is 0. The van der Waals surface area contributed by atoms with Crippen LogP contribution in [-0.4, -0.2) is 17.0 Å². The van der Waals surface area contributed by atoms with Gasteiger partial charge in [-0.1, -0.05) is 12.1 Å². The van der Waals surface area contributed by atoms with Crippen molar-refractivity contribution in [2.24, 2.45) is 0 Å². The first-order valence-electron chi connectivity index (χ1n) is 6.00. The summed E-state index contributed by atoms with van der Waals surface area (Å²) in [5, 5.41) is 11.4. The molecule has 0 saturated heterocycles. The Hall–Kier alpha value is -2.40. The van der Waals surface area contributed by atoms with Crippen LogP contribution in [0.15, 0.2) is 42.5 Å². The molecule has 0 aliphatic carbocycles. The number of benzene rings is 2. The van der Waals surface area contributed by atoms with E-state index < -0.39 is 23.3 Å². The van der Waals surface area contributed by atoms with Crippen molar-refractivity contribution in [3.8, 4) is 0 Å². The zero-order valence-electron chi connectivity index (χ0n) is 10.8. The predicted molar refractivity (Wildman–Crippen MR) is 77.3 cm³/mol. The van der Waals surface area contributed by atoms with Crippen molar-refractivity contribution in [2.45, 2.75) is 5.88 Å². The third-order valence-electron chi connectivity index (χ3n) is 2.80. The molecule has 0 atom stereocenters. The molecule has 0 spiro atoms. The fourth-order valence-corrected chi connectivity index (χ4v) is 1.93. The van der Waals surface area contributed by atoms with Crippen LogP contribution in [0.4, 0.5) is 10.1 Å². The molecule has 0 aliphatic rings. The number of carboxylic acid groups (broad SMARTS) is 1. The van der Waals surface area contributed by atoms with Crippen LogP contribution >= 0.6 is 11.6 Å². The lowest BCUT2D eigenvalue weighted by Gasteiger charge is -2.07. The number of amides is 1. The summed E-state index contributed by atoms with van der Waals surface area (Å²) in [5.41, 5.74) is 0.876. The molecule has 0 fully saturated rings. The van der Waals surface area contributed by atoms with Crippen molar-refractivity contribution in [1.29, 1.82) is 0 Å². The number of carbonyl (C=O) groups is 2. The van der Waals surface area contributed by atoms with Crippen molar-refractivity contribution in [3.63, 3.8) is 0 Å². The fourth-order valence-electron chi connectivity index (χ4n) is 1.77. The highest BCUT2D eigenvalue weighted by Gasteiger charge is 2.13. The summed E-state index contributed by atoms with van der Waals surface area (Å²) in [6, 6.07) is 10.1. The lowest BCUT2D eigenvalue weighted by Crippen LogP contribution is -2.13. The molecule has 6 heteroatoms. The number of nitrogens with one attached hydrogen (secondary N) is 1. The summed E-state index contributed by atoms with van der Waals surface area (Å²) in [4.78, 5) is 22.9. The molecule has 2 aromatic carbocycles. The first-order valence-corrected chi connectivity index (χ1v) is 6.54. The Kier molecular flexibility index (Phi) is 4.55. The lowest BCUT2D eigenvalue weighted by molar-refractivity contribution is 0.0691. The van der Waals surface area contributed by atoms with Gasteiger partial charge < -0.3 is 10.4 Å². The smallest absolute Gasteiger partial charge is 0.338 e. The topological polar surface area (TPSA) is 66.4 Å². The molecule has 2 aromatic rings. The van der Waals surface area contributed by atoms with Gasteiger partial charge in [0.1, 0.15) is 5.82 Å². The van der Waals surface area contributed by atoms with Gasteiger partial charge in [-0.15, -0.1) is 11.6 Å². The number of carboxylic acids is 1. The van der Waals surface area contributed by atoms with E-state index in [9.17, 15) is 14.0 Å². The minimum atomic E-state index is -1.40. The molecule has 0 radical (unpaired) electrons. The first kappa shape index (κ1) is 15.0. The number of aromatic carboxylic acids is 1. The molecule has 0 saturated carbocycles. The predicted octanol–water partition coefficient (Wildman–Crippen LogP) is 3.52. The summed E-state index contributed by atoms with van der Waals surface area (Å²) in [6.45, 7) is 0. The Morgan fingerprint density at radius 2 is 1.95 bits per heavy atom. The highest BCUT2D eigenvalue weighted by atomic mass is 35.5. The molecule has 108 valence electrons. The number of carbonyl (C=O) groups excluding carboxylic acids is 1. The first-order chi connectivity index (χ1) is 10.0. The molecule has 0 aliphatic heterocycles. The third-order valence-corrected chi connectivity index (χ3v) is 3.11. The van der Waals surface area contributed by atoms with E-state index in [1.165, 1.54) is 6.07 Å². The molecule has 0 heterocycles.